The largest absolute Gasteiger partial charge is 0.491 e. The summed E-state index contributed by atoms with van der Waals surface area (Å²) in [6, 6.07) is 4.76. The maximum atomic E-state index is 10.9. The number of nitrogen functional groups attached to an aromatic ring is 1. The van der Waals surface area contributed by atoms with E-state index in [0.717, 1.165) is 0 Å². The van der Waals surface area contributed by atoms with Gasteiger partial charge in [-0.15, -0.1) is 0 Å². The average molecular weight is 238 g/mol. The van der Waals surface area contributed by atoms with E-state index in [9.17, 15) is 9.59 Å². The van der Waals surface area contributed by atoms with Crippen LogP contribution in [0.1, 0.15) is 13.3 Å². The minimum Gasteiger partial charge on any atom is -0.491 e. The maximum Gasteiger partial charge on any atom is 0.306 e. The molecule has 0 aliphatic rings. The summed E-state index contributed by atoms with van der Waals surface area (Å²) < 4.78 is 5.25. The summed E-state index contributed by atoms with van der Waals surface area (Å²) in [6.45, 7) is 1.39. The molecular weight excluding hydrogens is 224 g/mol. The Morgan fingerprint density at radius 1 is 1.47 bits per heavy atom. The van der Waals surface area contributed by atoms with Crippen LogP contribution < -0.4 is 15.8 Å². The van der Waals surface area contributed by atoms with Gasteiger partial charge in [0.1, 0.15) is 5.75 Å². The number of nitrogens with two attached hydrogens (primary N) is 1. The number of rotatable bonds is 5. The minimum atomic E-state index is -0.949. The molecule has 1 aromatic rings. The van der Waals surface area contributed by atoms with E-state index in [-0.39, 0.29) is 18.9 Å². The van der Waals surface area contributed by atoms with E-state index >= 15 is 0 Å². The Bertz CT molecular complexity index is 431. The summed E-state index contributed by atoms with van der Waals surface area (Å²) in [6.07, 6.45) is -0.117. The monoisotopic (exact) mass is 238 g/mol. The molecule has 0 fully saturated rings. The van der Waals surface area contributed by atoms with Crippen LogP contribution in [0.15, 0.2) is 18.2 Å². The van der Waals surface area contributed by atoms with Gasteiger partial charge in [0, 0.05) is 18.7 Å². The van der Waals surface area contributed by atoms with Gasteiger partial charge < -0.3 is 20.9 Å². The highest BCUT2D eigenvalue weighted by Crippen LogP contribution is 2.27. The van der Waals surface area contributed by atoms with Gasteiger partial charge in [-0.3, -0.25) is 9.59 Å². The fraction of sp³-hybridized carbons (Fsp3) is 0.273. The Hall–Kier alpha value is -2.24. The number of amides is 1. The molecule has 0 saturated carbocycles. The van der Waals surface area contributed by atoms with Gasteiger partial charge in [0.05, 0.1) is 18.7 Å². The highest BCUT2D eigenvalue weighted by atomic mass is 16.5. The zero-order chi connectivity index (χ0) is 12.8. The summed E-state index contributed by atoms with van der Waals surface area (Å²) in [4.78, 5) is 21.3. The third-order valence-electron chi connectivity index (χ3n) is 1.89. The van der Waals surface area contributed by atoms with Crippen molar-refractivity contribution in [2.24, 2.45) is 0 Å². The van der Waals surface area contributed by atoms with Crippen LogP contribution in [-0.2, 0) is 9.59 Å². The second-order valence-electron chi connectivity index (χ2n) is 3.43. The lowest BCUT2D eigenvalue weighted by atomic mass is 10.2. The Kier molecular flexibility index (Phi) is 4.33. The van der Waals surface area contributed by atoms with Gasteiger partial charge in [0.15, 0.2) is 0 Å². The number of anilines is 2. The predicted octanol–water partition coefficient (Wildman–Crippen LogP) is 1.08. The molecular formula is C11H14N2O4. The fourth-order valence-corrected chi connectivity index (χ4v) is 1.20. The molecule has 1 rings (SSSR count). The normalized spacial score (nSPS) is 9.71. The topological polar surface area (TPSA) is 102 Å². The molecule has 0 aliphatic carbocycles. The van der Waals surface area contributed by atoms with Crippen molar-refractivity contribution < 1.29 is 19.4 Å². The Morgan fingerprint density at radius 3 is 2.76 bits per heavy atom. The van der Waals surface area contributed by atoms with Crippen molar-refractivity contribution in [1.82, 2.24) is 0 Å². The fourth-order valence-electron chi connectivity index (χ4n) is 1.20. The predicted molar refractivity (Wildman–Crippen MR) is 62.9 cm³/mol. The Balaban J connectivity index is 2.76. The molecule has 0 spiro atoms. The molecule has 0 unspecified atom stereocenters. The molecule has 4 N–H and O–H groups in total. The molecule has 0 aromatic heterocycles. The number of ether oxygens (including phenoxy) is 1. The molecule has 0 heterocycles. The van der Waals surface area contributed by atoms with Crippen molar-refractivity contribution in [3.05, 3.63) is 18.2 Å². The standard InChI is InChI=1S/C11H14N2O4/c1-7(14)13-9-3-2-8(12)6-10(9)17-5-4-11(15)16/h2-3,6H,4-5,12H2,1H3,(H,13,14)(H,15,16). The number of hydrogen-bond donors (Lipinski definition) is 3. The molecule has 0 atom stereocenters. The van der Waals surface area contributed by atoms with Gasteiger partial charge in [-0.25, -0.2) is 0 Å². The Labute approximate surface area is 98.4 Å². The van der Waals surface area contributed by atoms with Crippen molar-refractivity contribution >= 4 is 23.3 Å². The summed E-state index contributed by atoms with van der Waals surface area (Å²) in [5.74, 6) is -0.825. The summed E-state index contributed by atoms with van der Waals surface area (Å²) >= 11 is 0. The quantitative estimate of drug-likeness (QED) is 0.666. The highest BCUT2D eigenvalue weighted by Gasteiger charge is 2.07. The molecule has 0 radical (unpaired) electrons. The zero-order valence-electron chi connectivity index (χ0n) is 9.40. The van der Waals surface area contributed by atoms with Crippen LogP contribution in [-0.4, -0.2) is 23.6 Å². The number of carbonyl (C=O) groups is 2. The molecule has 92 valence electrons. The lowest BCUT2D eigenvalue weighted by Crippen LogP contribution is -2.10. The van der Waals surface area contributed by atoms with Crippen molar-refractivity contribution in [3.8, 4) is 5.75 Å². The van der Waals surface area contributed by atoms with Gasteiger partial charge in [0.25, 0.3) is 0 Å². The van der Waals surface area contributed by atoms with Gasteiger partial charge in [0.2, 0.25) is 5.91 Å². The van der Waals surface area contributed by atoms with Gasteiger partial charge in [-0.2, -0.15) is 0 Å². The number of aliphatic carboxylic acids is 1. The average Bonchev–Trinajstić information content (AvgIpc) is 2.21. The first-order valence-electron chi connectivity index (χ1n) is 5.00. The third kappa shape index (κ3) is 4.42. The van der Waals surface area contributed by atoms with Crippen LogP contribution in [0.3, 0.4) is 0 Å². The van der Waals surface area contributed by atoms with Crippen LogP contribution in [0.2, 0.25) is 0 Å². The van der Waals surface area contributed by atoms with Gasteiger partial charge in [-0.1, -0.05) is 0 Å². The van der Waals surface area contributed by atoms with Crippen LogP contribution in [0.5, 0.6) is 5.75 Å². The lowest BCUT2D eigenvalue weighted by molar-refractivity contribution is -0.137. The number of carboxylic acids is 1. The number of benzene rings is 1. The van der Waals surface area contributed by atoms with E-state index in [1.54, 1.807) is 12.1 Å². The summed E-state index contributed by atoms with van der Waals surface area (Å²) in [5.41, 5.74) is 6.53. The number of carbonyl (C=O) groups excluding carboxylic acids is 1. The second-order valence-corrected chi connectivity index (χ2v) is 3.43. The van der Waals surface area contributed by atoms with Crippen molar-refractivity contribution in [1.29, 1.82) is 0 Å². The minimum absolute atomic E-state index is 0.0192. The second kappa shape index (κ2) is 5.74. The molecule has 6 nitrogen and oxygen atoms in total. The summed E-state index contributed by atoms with van der Waals surface area (Å²) in [5, 5.41) is 11.1. The van der Waals surface area contributed by atoms with E-state index in [1.807, 2.05) is 0 Å². The molecule has 6 heteroatoms. The first-order chi connectivity index (χ1) is 7.99. The number of hydrogen-bond acceptors (Lipinski definition) is 4. The SMILES string of the molecule is CC(=O)Nc1ccc(N)cc1OCCC(=O)O. The third-order valence-corrected chi connectivity index (χ3v) is 1.89. The molecule has 17 heavy (non-hydrogen) atoms. The van der Waals surface area contributed by atoms with E-state index in [1.165, 1.54) is 13.0 Å². The smallest absolute Gasteiger partial charge is 0.306 e. The van der Waals surface area contributed by atoms with Crippen LogP contribution in [0.25, 0.3) is 0 Å². The molecule has 1 amide bonds. The van der Waals surface area contributed by atoms with E-state index in [2.05, 4.69) is 5.32 Å². The number of carboxylic acid groups (broad SMARTS) is 1. The van der Waals surface area contributed by atoms with E-state index < -0.39 is 5.97 Å². The maximum absolute atomic E-state index is 10.9. The zero-order valence-corrected chi connectivity index (χ0v) is 9.40. The van der Waals surface area contributed by atoms with Crippen LogP contribution in [0, 0.1) is 0 Å². The first kappa shape index (κ1) is 12.8. The first-order valence-corrected chi connectivity index (χ1v) is 5.00. The van der Waals surface area contributed by atoms with Crippen molar-refractivity contribution in [2.75, 3.05) is 17.7 Å². The lowest BCUT2D eigenvalue weighted by Gasteiger charge is -2.11. The number of nitrogens with one attached hydrogen (secondary N) is 1. The van der Waals surface area contributed by atoms with E-state index in [4.69, 9.17) is 15.6 Å². The van der Waals surface area contributed by atoms with Crippen LogP contribution in [0.4, 0.5) is 11.4 Å². The molecule has 0 bridgehead atoms. The molecule has 1 aromatic carbocycles. The van der Waals surface area contributed by atoms with Crippen molar-refractivity contribution in [3.63, 3.8) is 0 Å². The van der Waals surface area contributed by atoms with Gasteiger partial charge in [-0.05, 0) is 12.1 Å². The van der Waals surface area contributed by atoms with Crippen molar-refractivity contribution in [2.45, 2.75) is 13.3 Å². The van der Waals surface area contributed by atoms with Gasteiger partial charge >= 0.3 is 5.97 Å². The summed E-state index contributed by atoms with van der Waals surface area (Å²) in [7, 11) is 0. The van der Waals surface area contributed by atoms with E-state index in [0.29, 0.717) is 17.1 Å². The molecule has 0 saturated heterocycles. The Morgan fingerprint density at radius 2 is 2.18 bits per heavy atom. The van der Waals surface area contributed by atoms with Crippen LogP contribution >= 0.6 is 0 Å². The molecule has 0 aliphatic heterocycles. The highest BCUT2D eigenvalue weighted by molar-refractivity contribution is 5.90.